The van der Waals surface area contributed by atoms with Gasteiger partial charge in [0.1, 0.15) is 0 Å². The van der Waals surface area contributed by atoms with Gasteiger partial charge in [0.05, 0.1) is 0 Å². The Hall–Kier alpha value is -0.950. The third-order valence-corrected chi connectivity index (χ3v) is 7.05. The molecule has 0 N–H and O–H groups in total. The van der Waals surface area contributed by atoms with Crippen LogP contribution in [0.5, 0.6) is 0 Å². The molecule has 0 heterocycles. The van der Waals surface area contributed by atoms with Gasteiger partial charge in [0, 0.05) is 25.8 Å². The van der Waals surface area contributed by atoms with E-state index in [0.29, 0.717) is 5.41 Å². The quantitative estimate of drug-likeness (QED) is 0.196. The Morgan fingerprint density at radius 3 is 1.76 bits per heavy atom. The summed E-state index contributed by atoms with van der Waals surface area (Å²) < 4.78 is 0. The van der Waals surface area contributed by atoms with Crippen LogP contribution < -0.4 is 0 Å². The number of fused-ring (bicyclic) bond motifs is 2. The molecule has 156 valence electrons. The molecule has 3 aromatic carbocycles. The smallest absolute Gasteiger partial charge is 0 e. The summed E-state index contributed by atoms with van der Waals surface area (Å²) in [4.78, 5) is 0. The maximum absolute atomic E-state index is 2.46. The van der Waals surface area contributed by atoms with Gasteiger partial charge in [-0.05, 0) is 23.7 Å². The Kier molecular flexibility index (Phi) is 6.95. The largest absolute Gasteiger partial charge is 0.196 e. The summed E-state index contributed by atoms with van der Waals surface area (Å²) in [6.45, 7) is 22.7. The predicted octanol–water partition coefficient (Wildman–Crippen LogP) is 7.93. The average molecular weight is 553 g/mol. The first kappa shape index (κ1) is 24.3. The molecule has 0 fully saturated rings. The van der Waals surface area contributed by atoms with Crippen molar-refractivity contribution in [1.29, 1.82) is 0 Å². The van der Waals surface area contributed by atoms with Crippen LogP contribution in [0.15, 0.2) is 24.3 Å². The van der Waals surface area contributed by atoms with E-state index in [1.807, 2.05) is 0 Å². The van der Waals surface area contributed by atoms with Crippen molar-refractivity contribution in [3.63, 3.8) is 0 Å². The predicted molar refractivity (Wildman–Crippen MR) is 125 cm³/mol. The van der Waals surface area contributed by atoms with Gasteiger partial charge in [-0.1, -0.05) is 80.4 Å². The van der Waals surface area contributed by atoms with Crippen molar-refractivity contribution in [3.05, 3.63) is 68.8 Å². The fourth-order valence-corrected chi connectivity index (χ4v) is 4.83. The molecule has 29 heavy (non-hydrogen) atoms. The number of rotatable bonds is 0. The average Bonchev–Trinajstić information content (AvgIpc) is 3.18. The molecule has 0 saturated carbocycles. The Balaban J connectivity index is 0.000000234. The summed E-state index contributed by atoms with van der Waals surface area (Å²) in [6.07, 6.45) is 2.46. The van der Waals surface area contributed by atoms with Crippen molar-refractivity contribution < 1.29 is 25.8 Å². The van der Waals surface area contributed by atoms with E-state index >= 15 is 0 Å². The number of benzene rings is 1. The topological polar surface area (TPSA) is 0 Å². The van der Waals surface area contributed by atoms with Gasteiger partial charge >= 0.3 is 0 Å². The van der Waals surface area contributed by atoms with Crippen molar-refractivity contribution in [2.45, 2.75) is 87.5 Å². The molecule has 0 amide bonds. The van der Waals surface area contributed by atoms with Crippen LogP contribution in [0.3, 0.4) is 0 Å². The second kappa shape index (κ2) is 8.29. The zero-order valence-corrected chi connectivity index (χ0v) is 23.8. The molecule has 0 spiro atoms. The fraction of sp³-hybridized carbons (Fsp3) is 0.500. The second-order valence-electron chi connectivity index (χ2n) is 10.8. The van der Waals surface area contributed by atoms with E-state index in [1.165, 1.54) is 57.0 Å². The molecule has 4 rings (SSSR count). The first-order valence-electron chi connectivity index (χ1n) is 10.7. The summed E-state index contributed by atoms with van der Waals surface area (Å²) in [5.41, 5.74) is 12.7. The molecule has 0 aromatic heterocycles. The van der Waals surface area contributed by atoms with E-state index < -0.39 is 0 Å². The molecule has 0 aliphatic heterocycles. The van der Waals surface area contributed by atoms with Crippen molar-refractivity contribution in [3.8, 4) is 0 Å². The van der Waals surface area contributed by atoms with Gasteiger partial charge in [-0.15, -0.1) is 34.5 Å². The van der Waals surface area contributed by atoms with Crippen LogP contribution in [-0.4, -0.2) is 0 Å². The maximum atomic E-state index is 2.46. The second-order valence-corrected chi connectivity index (χ2v) is 10.8. The molecule has 1 heteroatoms. The Bertz CT molecular complexity index is 935. The summed E-state index contributed by atoms with van der Waals surface area (Å²) >= 11 is 0. The first-order chi connectivity index (χ1) is 12.8. The minimum atomic E-state index is 0. The monoisotopic (exact) mass is 554 g/mol. The minimum absolute atomic E-state index is 0. The molecule has 0 radical (unpaired) electrons. The third-order valence-electron chi connectivity index (χ3n) is 7.05. The molecule has 1 aliphatic rings. The van der Waals surface area contributed by atoms with Gasteiger partial charge in [-0.25, -0.2) is 0 Å². The summed E-state index contributed by atoms with van der Waals surface area (Å²) in [7, 11) is 0. The molecular weight excluding hydrogens is 515 g/mol. The van der Waals surface area contributed by atoms with Crippen LogP contribution in [0, 0.1) is 40.0 Å². The molecular formula is C28H38Hf-2. The van der Waals surface area contributed by atoms with Gasteiger partial charge < -0.3 is 0 Å². The molecule has 0 bridgehead atoms. The number of hydrogen-bond donors (Lipinski definition) is 0. The van der Waals surface area contributed by atoms with Gasteiger partial charge in [-0.3, -0.25) is 0 Å². The van der Waals surface area contributed by atoms with Crippen molar-refractivity contribution in [1.82, 2.24) is 0 Å². The Morgan fingerprint density at radius 1 is 0.862 bits per heavy atom. The van der Waals surface area contributed by atoms with Gasteiger partial charge in [0.15, 0.2) is 0 Å². The van der Waals surface area contributed by atoms with E-state index in [1.54, 1.807) is 11.1 Å². The summed E-state index contributed by atoms with van der Waals surface area (Å²) in [5.74, 6) is 0. The van der Waals surface area contributed by atoms with Crippen molar-refractivity contribution >= 4 is 10.8 Å². The molecule has 0 unspecified atom stereocenters. The van der Waals surface area contributed by atoms with Gasteiger partial charge in [0.25, 0.3) is 0 Å². The zero-order valence-electron chi connectivity index (χ0n) is 20.2. The number of hydrogen-bond acceptors (Lipinski definition) is 0. The van der Waals surface area contributed by atoms with Crippen LogP contribution in [0.4, 0.5) is 0 Å². The minimum Gasteiger partial charge on any atom is -0.196 e. The van der Waals surface area contributed by atoms with Gasteiger partial charge in [-0.2, -0.15) is 33.9 Å². The fourth-order valence-electron chi connectivity index (χ4n) is 4.83. The van der Waals surface area contributed by atoms with Crippen LogP contribution in [-0.2, 0) is 44.1 Å². The van der Waals surface area contributed by atoms with Crippen LogP contribution >= 0.6 is 0 Å². The van der Waals surface area contributed by atoms with Crippen molar-refractivity contribution in [2.24, 2.45) is 5.41 Å². The third kappa shape index (κ3) is 4.71. The molecule has 0 saturated heterocycles. The summed E-state index contributed by atoms with van der Waals surface area (Å²) in [6, 6.07) is 9.49. The van der Waals surface area contributed by atoms with E-state index in [-0.39, 0.29) is 31.3 Å². The molecule has 0 atom stereocenters. The standard InChI is InChI=1S/C18H23.C10H15.Hf/c1-17(2,3)16-7-6-12-8-13-10-18(4,5)11-14(13)9-15(12)16;1-6-7(2)9(4)10(5)8(6)3;/h6-9H,10-11H2,1-5H3;1-5H3;/q2*-1;. The van der Waals surface area contributed by atoms with Crippen LogP contribution in [0.1, 0.15) is 79.1 Å². The van der Waals surface area contributed by atoms with Gasteiger partial charge in [0.2, 0.25) is 0 Å². The van der Waals surface area contributed by atoms with E-state index in [0.717, 1.165) is 0 Å². The summed E-state index contributed by atoms with van der Waals surface area (Å²) in [5, 5.41) is 2.90. The Morgan fingerprint density at radius 2 is 1.34 bits per heavy atom. The maximum Gasteiger partial charge on any atom is 0 e. The molecule has 0 nitrogen and oxygen atoms in total. The zero-order chi connectivity index (χ0) is 21.0. The Labute approximate surface area is 197 Å². The van der Waals surface area contributed by atoms with E-state index in [4.69, 9.17) is 0 Å². The molecule has 3 aromatic rings. The normalized spacial score (nSPS) is 15.0. The first-order valence-corrected chi connectivity index (χ1v) is 10.7. The van der Waals surface area contributed by atoms with E-state index in [9.17, 15) is 0 Å². The molecule has 1 aliphatic carbocycles. The van der Waals surface area contributed by atoms with Crippen molar-refractivity contribution in [2.75, 3.05) is 0 Å². The van der Waals surface area contributed by atoms with Crippen LogP contribution in [0.25, 0.3) is 10.8 Å². The van der Waals surface area contributed by atoms with E-state index in [2.05, 4.69) is 93.5 Å². The SMILES string of the molecule is CC1(C)Cc2cc3cc[c-](C(C)(C)C)c3cc2C1.Cc1c(C)c(C)[c-](C)c1C.[Hf]. The van der Waals surface area contributed by atoms with Crippen LogP contribution in [0.2, 0.25) is 0 Å².